The molecule has 0 aliphatic heterocycles. The van der Waals surface area contributed by atoms with Gasteiger partial charge in [-0.25, -0.2) is 4.68 Å². The van der Waals surface area contributed by atoms with Gasteiger partial charge >= 0.3 is 0 Å². The largest absolute Gasteiger partial charge is 0.332 e. The molecule has 2 aromatic heterocycles. The maximum atomic E-state index is 5.44. The quantitative estimate of drug-likeness (QED) is 0.556. The topological polar surface area (TPSA) is 69.6 Å². The maximum Gasteiger partial charge on any atom is 0.280 e. The van der Waals surface area contributed by atoms with Crippen LogP contribution in [0, 0.1) is 27.7 Å². The number of aryl methyl sites for hydroxylation is 3. The molecular formula is C20H19N5O. The molecule has 0 unspecified atom stereocenters. The predicted molar refractivity (Wildman–Crippen MR) is 99.0 cm³/mol. The van der Waals surface area contributed by atoms with Crippen molar-refractivity contribution in [1.29, 1.82) is 0 Å². The number of aromatic nitrogens is 5. The van der Waals surface area contributed by atoms with Crippen molar-refractivity contribution in [2.75, 3.05) is 0 Å². The Hall–Kier alpha value is -3.28. The fourth-order valence-corrected chi connectivity index (χ4v) is 2.84. The van der Waals surface area contributed by atoms with E-state index in [1.54, 1.807) is 0 Å². The lowest BCUT2D eigenvalue weighted by Crippen LogP contribution is -2.02. The zero-order chi connectivity index (χ0) is 18.3. The van der Waals surface area contributed by atoms with Crippen molar-refractivity contribution < 1.29 is 4.52 Å². The monoisotopic (exact) mass is 345 g/mol. The molecule has 0 radical (unpaired) electrons. The van der Waals surface area contributed by atoms with Crippen molar-refractivity contribution >= 4 is 0 Å². The van der Waals surface area contributed by atoms with Crippen molar-refractivity contribution in [3.63, 3.8) is 0 Å². The fourth-order valence-electron chi connectivity index (χ4n) is 2.84. The normalized spacial score (nSPS) is 11.1. The van der Waals surface area contributed by atoms with Crippen LogP contribution in [0.5, 0.6) is 0 Å². The van der Waals surface area contributed by atoms with Crippen LogP contribution in [0.25, 0.3) is 28.7 Å². The lowest BCUT2D eigenvalue weighted by atomic mass is 10.1. The average Bonchev–Trinajstić information content (AvgIpc) is 3.24. The Balaban J connectivity index is 1.73. The summed E-state index contributed by atoms with van der Waals surface area (Å²) in [7, 11) is 0. The Kier molecular flexibility index (Phi) is 3.88. The molecule has 0 aliphatic rings. The Morgan fingerprint density at radius 1 is 0.885 bits per heavy atom. The van der Waals surface area contributed by atoms with Crippen LogP contribution in [-0.4, -0.2) is 25.1 Å². The van der Waals surface area contributed by atoms with E-state index in [0.717, 1.165) is 22.5 Å². The highest BCUT2D eigenvalue weighted by Gasteiger charge is 2.19. The highest BCUT2D eigenvalue weighted by Crippen LogP contribution is 2.25. The summed E-state index contributed by atoms with van der Waals surface area (Å²) in [5, 5.41) is 12.7. The Labute approximate surface area is 151 Å². The van der Waals surface area contributed by atoms with Gasteiger partial charge < -0.3 is 4.52 Å². The van der Waals surface area contributed by atoms with Crippen LogP contribution in [-0.2, 0) is 0 Å². The first-order valence-corrected chi connectivity index (χ1v) is 8.44. The maximum absolute atomic E-state index is 5.44. The van der Waals surface area contributed by atoms with Gasteiger partial charge in [0.25, 0.3) is 5.89 Å². The summed E-state index contributed by atoms with van der Waals surface area (Å²) in [5.41, 5.74) is 6.84. The van der Waals surface area contributed by atoms with Crippen molar-refractivity contribution in [3.05, 3.63) is 64.8 Å². The fraction of sp³-hybridized carbons (Fsp3) is 0.200. The van der Waals surface area contributed by atoms with Crippen LogP contribution in [0.1, 0.15) is 22.4 Å². The average molecular weight is 345 g/mol. The van der Waals surface area contributed by atoms with Gasteiger partial charge in [-0.05, 0) is 44.9 Å². The Morgan fingerprint density at radius 2 is 1.62 bits per heavy atom. The van der Waals surface area contributed by atoms with Gasteiger partial charge in [0.1, 0.15) is 0 Å². The minimum atomic E-state index is 0.370. The second kappa shape index (κ2) is 6.22. The summed E-state index contributed by atoms with van der Waals surface area (Å²) in [6.07, 6.45) is 0. The molecular weight excluding hydrogens is 326 g/mol. The summed E-state index contributed by atoms with van der Waals surface area (Å²) in [6, 6.07) is 14.2. The number of hydrogen-bond donors (Lipinski definition) is 0. The van der Waals surface area contributed by atoms with E-state index < -0.39 is 0 Å². The Bertz CT molecular complexity index is 1080. The number of hydrogen-bond acceptors (Lipinski definition) is 5. The molecule has 0 fully saturated rings. The van der Waals surface area contributed by atoms with Gasteiger partial charge in [0.05, 0.1) is 11.4 Å². The molecule has 6 nitrogen and oxygen atoms in total. The van der Waals surface area contributed by atoms with Crippen LogP contribution in [0.2, 0.25) is 0 Å². The minimum absolute atomic E-state index is 0.370. The molecule has 0 aliphatic carbocycles. The highest BCUT2D eigenvalue weighted by molar-refractivity contribution is 5.59. The molecule has 0 atom stereocenters. The van der Waals surface area contributed by atoms with E-state index in [1.807, 2.05) is 42.8 Å². The van der Waals surface area contributed by atoms with Crippen LogP contribution < -0.4 is 0 Å². The number of rotatable bonds is 3. The van der Waals surface area contributed by atoms with Crippen LogP contribution in [0.3, 0.4) is 0 Å². The van der Waals surface area contributed by atoms with Gasteiger partial charge in [0.2, 0.25) is 5.82 Å². The van der Waals surface area contributed by atoms with E-state index in [-0.39, 0.29) is 0 Å². The summed E-state index contributed by atoms with van der Waals surface area (Å²) >= 11 is 0. The molecule has 26 heavy (non-hydrogen) atoms. The molecule has 2 aromatic carbocycles. The van der Waals surface area contributed by atoms with E-state index in [1.165, 1.54) is 11.1 Å². The Morgan fingerprint density at radius 3 is 2.38 bits per heavy atom. The van der Waals surface area contributed by atoms with E-state index in [2.05, 4.69) is 52.5 Å². The second-order valence-corrected chi connectivity index (χ2v) is 6.51. The number of nitrogens with zero attached hydrogens (tertiary/aromatic N) is 5. The smallest absolute Gasteiger partial charge is 0.280 e. The summed E-state index contributed by atoms with van der Waals surface area (Å²) in [6.45, 7) is 8.10. The van der Waals surface area contributed by atoms with Gasteiger partial charge in [-0.15, -0.1) is 5.10 Å². The van der Waals surface area contributed by atoms with Crippen molar-refractivity contribution in [2.45, 2.75) is 27.7 Å². The lowest BCUT2D eigenvalue weighted by molar-refractivity contribution is 0.430. The summed E-state index contributed by atoms with van der Waals surface area (Å²) in [4.78, 5) is 4.49. The molecule has 0 saturated carbocycles. The molecule has 130 valence electrons. The molecule has 4 aromatic rings. The lowest BCUT2D eigenvalue weighted by Gasteiger charge is -2.08. The van der Waals surface area contributed by atoms with Gasteiger partial charge in [0.15, 0.2) is 5.69 Å². The minimum Gasteiger partial charge on any atom is -0.332 e. The molecule has 0 saturated heterocycles. The van der Waals surface area contributed by atoms with Crippen LogP contribution >= 0.6 is 0 Å². The molecule has 0 spiro atoms. The molecule has 4 rings (SSSR count). The van der Waals surface area contributed by atoms with Gasteiger partial charge in [0, 0.05) is 5.56 Å². The zero-order valence-corrected chi connectivity index (χ0v) is 15.2. The second-order valence-electron chi connectivity index (χ2n) is 6.51. The predicted octanol–water partition coefficient (Wildman–Crippen LogP) is 4.22. The van der Waals surface area contributed by atoms with Crippen molar-refractivity contribution in [1.82, 2.24) is 25.1 Å². The van der Waals surface area contributed by atoms with Gasteiger partial charge in [-0.3, -0.25) is 0 Å². The summed E-state index contributed by atoms with van der Waals surface area (Å²) < 4.78 is 7.26. The number of benzene rings is 2. The zero-order valence-electron chi connectivity index (χ0n) is 15.2. The first-order chi connectivity index (χ1) is 12.5. The van der Waals surface area contributed by atoms with Crippen molar-refractivity contribution in [3.8, 4) is 28.7 Å². The van der Waals surface area contributed by atoms with E-state index in [4.69, 9.17) is 4.52 Å². The first-order valence-electron chi connectivity index (χ1n) is 8.44. The molecule has 0 N–H and O–H groups in total. The third-order valence-corrected chi connectivity index (χ3v) is 4.43. The third kappa shape index (κ3) is 2.79. The first kappa shape index (κ1) is 16.2. The molecule has 0 bridgehead atoms. The van der Waals surface area contributed by atoms with E-state index >= 15 is 0 Å². The van der Waals surface area contributed by atoms with Crippen LogP contribution in [0.4, 0.5) is 0 Å². The van der Waals surface area contributed by atoms with Crippen molar-refractivity contribution in [2.24, 2.45) is 0 Å². The standard InChI is InChI=1S/C20H19N5O/c1-12-6-9-16(10-7-12)19-21-20(26-23-19)18-15(4)25(24-22-18)17-11-13(2)5-8-14(17)3/h5-11H,1-4H3. The molecule has 6 heteroatoms. The molecule has 2 heterocycles. The van der Waals surface area contributed by atoms with E-state index in [0.29, 0.717) is 17.4 Å². The van der Waals surface area contributed by atoms with E-state index in [9.17, 15) is 0 Å². The summed E-state index contributed by atoms with van der Waals surface area (Å²) in [5.74, 6) is 0.912. The highest BCUT2D eigenvalue weighted by atomic mass is 16.5. The van der Waals surface area contributed by atoms with Crippen LogP contribution in [0.15, 0.2) is 47.0 Å². The SMILES string of the molecule is Cc1ccc(-c2noc(-c3nnn(-c4cc(C)ccc4C)c3C)n2)cc1. The van der Waals surface area contributed by atoms with Gasteiger partial charge in [-0.1, -0.05) is 52.3 Å². The third-order valence-electron chi connectivity index (χ3n) is 4.43. The van der Waals surface area contributed by atoms with Gasteiger partial charge in [-0.2, -0.15) is 4.98 Å². The molecule has 0 amide bonds.